The van der Waals surface area contributed by atoms with Gasteiger partial charge in [0.25, 0.3) is 0 Å². The number of guanidine groups is 1. The smallest absolute Gasteiger partial charge is 0.203 e. The number of nitrogens with one attached hydrogen (secondary N) is 2. The summed E-state index contributed by atoms with van der Waals surface area (Å²) >= 11 is 0. The van der Waals surface area contributed by atoms with E-state index < -0.39 is 0 Å². The van der Waals surface area contributed by atoms with Crippen LogP contribution in [0, 0.1) is 0 Å². The molecule has 0 spiro atoms. The van der Waals surface area contributed by atoms with Crippen LogP contribution in [0.2, 0.25) is 0 Å². The number of methoxy groups -OCH3 is 3. The van der Waals surface area contributed by atoms with Crippen LogP contribution in [0.1, 0.15) is 24.0 Å². The summed E-state index contributed by atoms with van der Waals surface area (Å²) in [6.45, 7) is 3.94. The van der Waals surface area contributed by atoms with Crippen LogP contribution < -0.4 is 24.8 Å². The van der Waals surface area contributed by atoms with Gasteiger partial charge in [0.15, 0.2) is 17.5 Å². The van der Waals surface area contributed by atoms with Crippen molar-refractivity contribution in [2.24, 2.45) is 4.99 Å². The van der Waals surface area contributed by atoms with Crippen molar-refractivity contribution >= 4 is 29.9 Å². The standard InChI is InChI=1S/C25H36N4O3.HI/c1-26-25(27-15-12-20-10-11-22(30-2)24(32-4)23(20)31-3)28-21-13-16-29(17-14-21)18-19-8-6-5-7-9-19;/h5-11,21H,12-18H2,1-4H3,(H2,26,27,28);1H. The Labute approximate surface area is 214 Å². The van der Waals surface area contributed by atoms with Gasteiger partial charge < -0.3 is 24.8 Å². The highest BCUT2D eigenvalue weighted by molar-refractivity contribution is 14.0. The average molecular weight is 569 g/mol. The minimum atomic E-state index is 0. The fourth-order valence-corrected chi connectivity index (χ4v) is 4.14. The minimum Gasteiger partial charge on any atom is -0.493 e. The van der Waals surface area contributed by atoms with E-state index in [0.717, 1.165) is 57.0 Å². The van der Waals surface area contributed by atoms with Gasteiger partial charge in [0.1, 0.15) is 0 Å². The number of hydrogen-bond acceptors (Lipinski definition) is 5. The Hall–Kier alpha value is -2.20. The van der Waals surface area contributed by atoms with E-state index in [1.165, 1.54) is 5.56 Å². The molecule has 0 aromatic heterocycles. The fraction of sp³-hybridized carbons (Fsp3) is 0.480. The predicted octanol–water partition coefficient (Wildman–Crippen LogP) is 3.70. The van der Waals surface area contributed by atoms with E-state index in [2.05, 4.69) is 50.9 Å². The van der Waals surface area contributed by atoms with Gasteiger partial charge in [-0.15, -0.1) is 24.0 Å². The van der Waals surface area contributed by atoms with Crippen molar-refractivity contribution in [2.75, 3.05) is 48.0 Å². The Morgan fingerprint density at radius 1 is 0.970 bits per heavy atom. The average Bonchev–Trinajstić information content (AvgIpc) is 2.84. The van der Waals surface area contributed by atoms with Gasteiger partial charge in [-0.3, -0.25) is 9.89 Å². The molecule has 2 aromatic carbocycles. The number of nitrogens with zero attached hydrogens (tertiary/aromatic N) is 2. The van der Waals surface area contributed by atoms with E-state index in [0.29, 0.717) is 23.3 Å². The highest BCUT2D eigenvalue weighted by Crippen LogP contribution is 2.39. The largest absolute Gasteiger partial charge is 0.493 e. The van der Waals surface area contributed by atoms with Crippen molar-refractivity contribution in [3.63, 3.8) is 0 Å². The molecule has 2 N–H and O–H groups in total. The summed E-state index contributed by atoms with van der Waals surface area (Å²) in [7, 11) is 6.72. The van der Waals surface area contributed by atoms with Crippen LogP contribution in [-0.4, -0.2) is 64.9 Å². The molecule has 182 valence electrons. The first-order valence-electron chi connectivity index (χ1n) is 11.2. The molecule has 0 atom stereocenters. The molecule has 0 unspecified atom stereocenters. The number of rotatable bonds is 9. The van der Waals surface area contributed by atoms with Crippen molar-refractivity contribution < 1.29 is 14.2 Å². The molecule has 1 aliphatic rings. The Bertz CT molecular complexity index is 871. The van der Waals surface area contributed by atoms with E-state index in [9.17, 15) is 0 Å². The molecular weight excluding hydrogens is 531 g/mol. The monoisotopic (exact) mass is 568 g/mol. The molecule has 0 bridgehead atoms. The highest BCUT2D eigenvalue weighted by Gasteiger charge is 2.20. The second kappa shape index (κ2) is 14.1. The van der Waals surface area contributed by atoms with E-state index in [1.807, 2.05) is 19.2 Å². The molecule has 0 aliphatic carbocycles. The Morgan fingerprint density at radius 2 is 1.67 bits per heavy atom. The molecule has 2 aromatic rings. The van der Waals surface area contributed by atoms with Gasteiger partial charge in [-0.2, -0.15) is 0 Å². The summed E-state index contributed by atoms with van der Waals surface area (Å²) in [5.74, 6) is 2.84. The van der Waals surface area contributed by atoms with Crippen molar-refractivity contribution in [1.29, 1.82) is 0 Å². The number of aliphatic imine (C=N–C) groups is 1. The van der Waals surface area contributed by atoms with Crippen LogP contribution in [0.5, 0.6) is 17.2 Å². The van der Waals surface area contributed by atoms with Gasteiger partial charge in [0.2, 0.25) is 5.75 Å². The maximum absolute atomic E-state index is 5.58. The van der Waals surface area contributed by atoms with E-state index in [-0.39, 0.29) is 24.0 Å². The molecule has 0 amide bonds. The summed E-state index contributed by atoms with van der Waals surface area (Å²) in [6, 6.07) is 15.0. The lowest BCUT2D eigenvalue weighted by atomic mass is 10.0. The van der Waals surface area contributed by atoms with Crippen LogP contribution in [0.4, 0.5) is 0 Å². The SMILES string of the molecule is CN=C(NCCc1ccc(OC)c(OC)c1OC)NC1CCN(Cc2ccccc2)CC1.I. The zero-order chi connectivity index (χ0) is 22.8. The Balaban J connectivity index is 0.00000385. The number of piperidine rings is 1. The summed E-state index contributed by atoms with van der Waals surface area (Å²) in [5.41, 5.74) is 2.43. The number of benzene rings is 2. The molecule has 3 rings (SSSR count). The highest BCUT2D eigenvalue weighted by atomic mass is 127. The van der Waals surface area contributed by atoms with Gasteiger partial charge in [-0.25, -0.2) is 0 Å². The Kier molecular flexibility index (Phi) is 11.6. The lowest BCUT2D eigenvalue weighted by molar-refractivity contribution is 0.198. The number of hydrogen-bond donors (Lipinski definition) is 2. The van der Waals surface area contributed by atoms with Crippen LogP contribution >= 0.6 is 24.0 Å². The normalized spacial score (nSPS) is 14.8. The second-order valence-electron chi connectivity index (χ2n) is 7.92. The van der Waals surface area contributed by atoms with Crippen LogP contribution in [0.15, 0.2) is 47.5 Å². The first-order valence-corrected chi connectivity index (χ1v) is 11.2. The molecular formula is C25H37IN4O3. The van der Waals surface area contributed by atoms with Gasteiger partial charge in [0.05, 0.1) is 21.3 Å². The third kappa shape index (κ3) is 7.67. The van der Waals surface area contributed by atoms with Crippen molar-refractivity contribution in [3.05, 3.63) is 53.6 Å². The minimum absolute atomic E-state index is 0. The van der Waals surface area contributed by atoms with E-state index in [1.54, 1.807) is 21.3 Å². The van der Waals surface area contributed by atoms with E-state index >= 15 is 0 Å². The zero-order valence-corrected chi connectivity index (χ0v) is 22.4. The summed E-state index contributed by atoms with van der Waals surface area (Å²) in [6.07, 6.45) is 2.99. The lowest BCUT2D eigenvalue weighted by Crippen LogP contribution is -2.48. The Morgan fingerprint density at radius 3 is 2.27 bits per heavy atom. The molecule has 7 nitrogen and oxygen atoms in total. The second-order valence-corrected chi connectivity index (χ2v) is 7.92. The van der Waals surface area contributed by atoms with Crippen LogP contribution in [0.3, 0.4) is 0 Å². The molecule has 8 heteroatoms. The fourth-order valence-electron chi connectivity index (χ4n) is 4.14. The molecule has 0 saturated carbocycles. The molecule has 0 radical (unpaired) electrons. The van der Waals surface area contributed by atoms with Gasteiger partial charge >= 0.3 is 0 Å². The number of ether oxygens (including phenoxy) is 3. The zero-order valence-electron chi connectivity index (χ0n) is 20.1. The quantitative estimate of drug-likeness (QED) is 0.273. The van der Waals surface area contributed by atoms with Crippen molar-refractivity contribution in [1.82, 2.24) is 15.5 Å². The molecule has 1 fully saturated rings. The van der Waals surface area contributed by atoms with Crippen molar-refractivity contribution in [3.8, 4) is 17.2 Å². The number of halogens is 1. The van der Waals surface area contributed by atoms with Crippen LogP contribution in [0.25, 0.3) is 0 Å². The summed E-state index contributed by atoms with van der Waals surface area (Å²) in [4.78, 5) is 6.93. The third-order valence-corrected chi connectivity index (χ3v) is 5.87. The predicted molar refractivity (Wildman–Crippen MR) is 144 cm³/mol. The first kappa shape index (κ1) is 27.0. The van der Waals surface area contributed by atoms with E-state index in [4.69, 9.17) is 14.2 Å². The number of likely N-dealkylation sites (tertiary alicyclic amines) is 1. The molecule has 1 heterocycles. The lowest BCUT2D eigenvalue weighted by Gasteiger charge is -2.33. The third-order valence-electron chi connectivity index (χ3n) is 5.87. The molecule has 1 aliphatic heterocycles. The topological polar surface area (TPSA) is 67.4 Å². The van der Waals surface area contributed by atoms with Crippen LogP contribution in [-0.2, 0) is 13.0 Å². The van der Waals surface area contributed by atoms with Crippen molar-refractivity contribution in [2.45, 2.75) is 31.8 Å². The summed E-state index contributed by atoms with van der Waals surface area (Å²) < 4.78 is 16.4. The summed E-state index contributed by atoms with van der Waals surface area (Å²) in [5, 5.41) is 7.01. The van der Waals surface area contributed by atoms with Gasteiger partial charge in [0, 0.05) is 44.8 Å². The molecule has 33 heavy (non-hydrogen) atoms. The van der Waals surface area contributed by atoms with Gasteiger partial charge in [-0.05, 0) is 30.9 Å². The van der Waals surface area contributed by atoms with Gasteiger partial charge in [-0.1, -0.05) is 36.4 Å². The first-order chi connectivity index (χ1) is 15.7. The maximum Gasteiger partial charge on any atom is 0.203 e. The molecule has 1 saturated heterocycles. The maximum atomic E-state index is 5.58.